The van der Waals surface area contributed by atoms with Gasteiger partial charge in [-0.25, -0.2) is 0 Å². The van der Waals surface area contributed by atoms with Crippen LogP contribution in [0.25, 0.3) is 0 Å². The summed E-state index contributed by atoms with van der Waals surface area (Å²) in [5.74, 6) is -2.11. The summed E-state index contributed by atoms with van der Waals surface area (Å²) in [5.41, 5.74) is 0.759. The maximum Gasteiger partial charge on any atom is 0.311 e. The molecule has 218 valence electrons. The standard InChI is InChI=1S/C30H41N3O6S/c1-4-13-32(15-14-31-16-18-38-19-17-31)27(36)25-30-12-11-29(3,40-30)24(28(37)39-5-2)23(30)26(35)33(25)22(20-34)21-9-7-6-8-10-21/h4,6-10,22-25,34H,1,5,11-20H2,2-3H3/t22-,23+,24-,25?,29+,30?/m1/s1. The molecule has 4 saturated heterocycles. The third-order valence-corrected chi connectivity index (χ3v) is 11.1. The van der Waals surface area contributed by atoms with Gasteiger partial charge in [-0.2, -0.15) is 0 Å². The second-order valence-electron chi connectivity index (χ2n) is 11.4. The van der Waals surface area contributed by atoms with E-state index < -0.39 is 33.4 Å². The number of amides is 2. The van der Waals surface area contributed by atoms with Crippen molar-refractivity contribution < 1.29 is 29.0 Å². The van der Waals surface area contributed by atoms with Crippen LogP contribution in [0.5, 0.6) is 0 Å². The number of thioether (sulfide) groups is 1. The van der Waals surface area contributed by atoms with Crippen molar-refractivity contribution >= 4 is 29.5 Å². The van der Waals surface area contributed by atoms with Crippen molar-refractivity contribution in [2.45, 2.75) is 48.3 Å². The van der Waals surface area contributed by atoms with Gasteiger partial charge in [0.05, 0.1) is 49.1 Å². The monoisotopic (exact) mass is 571 g/mol. The summed E-state index contributed by atoms with van der Waals surface area (Å²) in [5, 5.41) is 10.7. The minimum atomic E-state index is -0.821. The van der Waals surface area contributed by atoms with E-state index in [0.29, 0.717) is 45.7 Å². The van der Waals surface area contributed by atoms with Gasteiger partial charge in [0.1, 0.15) is 6.04 Å². The van der Waals surface area contributed by atoms with E-state index >= 15 is 0 Å². The number of fused-ring (bicyclic) bond motifs is 1. The zero-order valence-corrected chi connectivity index (χ0v) is 24.3. The number of ether oxygens (including phenoxy) is 2. The maximum atomic E-state index is 14.7. The molecule has 4 aliphatic rings. The highest BCUT2D eigenvalue weighted by molar-refractivity contribution is 8.02. The SMILES string of the molecule is C=CCN(CCN1CCOCC1)C(=O)C1N([C@H](CO)c2ccccc2)C(=O)[C@@H]2[C@H](C(=O)OCC)[C@]3(C)CCC12S3. The molecule has 1 spiro atoms. The highest BCUT2D eigenvalue weighted by Gasteiger charge is 2.78. The van der Waals surface area contributed by atoms with Gasteiger partial charge in [0.15, 0.2) is 0 Å². The summed E-state index contributed by atoms with van der Waals surface area (Å²) in [4.78, 5) is 48.2. The molecule has 9 nitrogen and oxygen atoms in total. The zero-order chi connectivity index (χ0) is 28.5. The van der Waals surface area contributed by atoms with Gasteiger partial charge in [0, 0.05) is 37.5 Å². The van der Waals surface area contributed by atoms with Crippen molar-refractivity contribution in [3.63, 3.8) is 0 Å². The van der Waals surface area contributed by atoms with Gasteiger partial charge < -0.3 is 24.4 Å². The molecule has 4 aliphatic heterocycles. The number of aliphatic hydroxyl groups is 1. The normalized spacial score (nSPS) is 32.1. The van der Waals surface area contributed by atoms with Crippen molar-refractivity contribution in [3.8, 4) is 0 Å². The molecule has 5 rings (SSSR count). The molecule has 2 unspecified atom stereocenters. The van der Waals surface area contributed by atoms with Crippen LogP contribution in [-0.4, -0.2) is 112 Å². The van der Waals surface area contributed by atoms with Crippen molar-refractivity contribution in [3.05, 3.63) is 48.6 Å². The minimum Gasteiger partial charge on any atom is -0.466 e. The molecule has 1 aromatic rings. The average Bonchev–Trinajstić information content (AvgIpc) is 3.53. The molecule has 0 aromatic heterocycles. The Hall–Kier alpha value is -2.40. The van der Waals surface area contributed by atoms with Crippen molar-refractivity contribution in [2.24, 2.45) is 11.8 Å². The van der Waals surface area contributed by atoms with Crippen LogP contribution in [0.15, 0.2) is 43.0 Å². The largest absolute Gasteiger partial charge is 0.466 e. The first-order chi connectivity index (χ1) is 19.3. The van der Waals surface area contributed by atoms with E-state index in [2.05, 4.69) is 11.5 Å². The fourth-order valence-corrected chi connectivity index (χ4v) is 9.63. The average molecular weight is 572 g/mol. The van der Waals surface area contributed by atoms with Crippen LogP contribution in [0.2, 0.25) is 0 Å². The lowest BCUT2D eigenvalue weighted by molar-refractivity contribution is -0.155. The topological polar surface area (TPSA) is 99.6 Å². The van der Waals surface area contributed by atoms with Crippen LogP contribution < -0.4 is 0 Å². The highest BCUT2D eigenvalue weighted by atomic mass is 32.2. The molecule has 4 heterocycles. The number of rotatable bonds is 11. The predicted octanol–water partition coefficient (Wildman–Crippen LogP) is 2.11. The molecular formula is C30H41N3O6S. The summed E-state index contributed by atoms with van der Waals surface area (Å²) >= 11 is 1.62. The molecule has 40 heavy (non-hydrogen) atoms. The first kappa shape index (κ1) is 29.1. The number of likely N-dealkylation sites (tertiary alicyclic amines) is 1. The molecule has 2 bridgehead atoms. The number of carbonyl (C=O) groups excluding carboxylic acids is 3. The Labute approximate surface area is 240 Å². The van der Waals surface area contributed by atoms with Gasteiger partial charge in [-0.15, -0.1) is 18.3 Å². The third kappa shape index (κ3) is 4.86. The Kier molecular flexibility index (Phi) is 8.61. The molecule has 4 fully saturated rings. The Bertz CT molecular complexity index is 1110. The van der Waals surface area contributed by atoms with Gasteiger partial charge >= 0.3 is 5.97 Å². The number of nitrogens with zero attached hydrogens (tertiary/aromatic N) is 3. The quantitative estimate of drug-likeness (QED) is 0.319. The van der Waals surface area contributed by atoms with E-state index in [0.717, 1.165) is 18.7 Å². The maximum absolute atomic E-state index is 14.7. The summed E-state index contributed by atoms with van der Waals surface area (Å²) in [7, 11) is 0. The number of benzene rings is 1. The second-order valence-corrected chi connectivity index (χ2v) is 13.3. The Morgan fingerprint density at radius 3 is 2.65 bits per heavy atom. The van der Waals surface area contributed by atoms with Crippen LogP contribution >= 0.6 is 11.8 Å². The van der Waals surface area contributed by atoms with E-state index in [1.54, 1.807) is 34.6 Å². The Morgan fingerprint density at radius 1 is 1.27 bits per heavy atom. The first-order valence-corrected chi connectivity index (χ1v) is 15.2. The summed E-state index contributed by atoms with van der Waals surface area (Å²) in [6.45, 7) is 12.1. The van der Waals surface area contributed by atoms with Crippen LogP contribution in [0.1, 0.15) is 38.3 Å². The van der Waals surface area contributed by atoms with E-state index in [-0.39, 0.29) is 31.0 Å². The van der Waals surface area contributed by atoms with Gasteiger partial charge in [-0.3, -0.25) is 19.3 Å². The van der Waals surface area contributed by atoms with Crippen LogP contribution in [0, 0.1) is 11.8 Å². The summed E-state index contributed by atoms with van der Waals surface area (Å²) in [6, 6.07) is 7.83. The Morgan fingerprint density at radius 2 is 2.00 bits per heavy atom. The lowest BCUT2D eigenvalue weighted by Gasteiger charge is -2.40. The van der Waals surface area contributed by atoms with Crippen molar-refractivity contribution in [2.75, 3.05) is 59.2 Å². The highest BCUT2D eigenvalue weighted by Crippen LogP contribution is 2.72. The predicted molar refractivity (Wildman–Crippen MR) is 153 cm³/mol. The lowest BCUT2D eigenvalue weighted by Crippen LogP contribution is -2.56. The molecule has 0 aliphatic carbocycles. The molecule has 1 N–H and O–H groups in total. The van der Waals surface area contributed by atoms with Gasteiger partial charge in [-0.05, 0) is 32.3 Å². The summed E-state index contributed by atoms with van der Waals surface area (Å²) in [6.07, 6.45) is 3.08. The van der Waals surface area contributed by atoms with Gasteiger partial charge in [-0.1, -0.05) is 36.4 Å². The minimum absolute atomic E-state index is 0.153. The first-order valence-electron chi connectivity index (χ1n) is 14.4. The third-order valence-electron chi connectivity index (χ3n) is 9.13. The number of hydrogen-bond acceptors (Lipinski definition) is 8. The van der Waals surface area contributed by atoms with Crippen molar-refractivity contribution in [1.82, 2.24) is 14.7 Å². The van der Waals surface area contributed by atoms with Crippen LogP contribution in [-0.2, 0) is 23.9 Å². The van der Waals surface area contributed by atoms with E-state index in [1.165, 1.54) is 0 Å². The molecule has 0 radical (unpaired) electrons. The molecule has 6 atom stereocenters. The molecule has 1 aromatic carbocycles. The van der Waals surface area contributed by atoms with E-state index in [9.17, 15) is 19.5 Å². The van der Waals surface area contributed by atoms with Gasteiger partial charge in [0.2, 0.25) is 11.8 Å². The lowest BCUT2D eigenvalue weighted by atomic mass is 9.66. The molecule has 0 saturated carbocycles. The number of esters is 1. The van der Waals surface area contributed by atoms with Crippen LogP contribution in [0.4, 0.5) is 0 Å². The van der Waals surface area contributed by atoms with E-state index in [4.69, 9.17) is 9.47 Å². The Balaban J connectivity index is 1.55. The summed E-state index contributed by atoms with van der Waals surface area (Å²) < 4.78 is 9.71. The molecule has 10 heteroatoms. The fourth-order valence-electron chi connectivity index (χ4n) is 7.31. The van der Waals surface area contributed by atoms with Crippen LogP contribution in [0.3, 0.4) is 0 Å². The number of hydrogen-bond donors (Lipinski definition) is 1. The van der Waals surface area contributed by atoms with Crippen molar-refractivity contribution in [1.29, 1.82) is 0 Å². The van der Waals surface area contributed by atoms with E-state index in [1.807, 2.05) is 37.3 Å². The number of morpholine rings is 1. The zero-order valence-electron chi connectivity index (χ0n) is 23.5. The smallest absolute Gasteiger partial charge is 0.311 e. The molecular weight excluding hydrogens is 530 g/mol. The second kappa shape index (κ2) is 11.8. The number of aliphatic hydroxyl groups excluding tert-OH is 1. The van der Waals surface area contributed by atoms with Gasteiger partial charge in [0.25, 0.3) is 0 Å². The fraction of sp³-hybridized carbons (Fsp3) is 0.633. The number of carbonyl (C=O) groups is 3. The molecule has 2 amide bonds.